The van der Waals surface area contributed by atoms with Crippen LogP contribution in [0.3, 0.4) is 0 Å². The molecule has 0 fully saturated rings. The van der Waals surface area contributed by atoms with Gasteiger partial charge in [0.15, 0.2) is 11.5 Å². The van der Waals surface area contributed by atoms with Crippen molar-refractivity contribution in [2.75, 3.05) is 11.9 Å². The van der Waals surface area contributed by atoms with Crippen LogP contribution in [0.4, 0.5) is 5.82 Å². The van der Waals surface area contributed by atoms with E-state index in [0.717, 1.165) is 0 Å². The molecule has 15 heavy (non-hydrogen) atoms. The lowest BCUT2D eigenvalue weighted by Gasteiger charge is -1.99. The van der Waals surface area contributed by atoms with Crippen LogP contribution in [0.5, 0.6) is 0 Å². The molecule has 0 unspecified atom stereocenters. The number of carboxylic acid groups (broad SMARTS) is 1. The van der Waals surface area contributed by atoms with E-state index < -0.39 is 5.97 Å². The maximum Gasteiger partial charge on any atom is 0.356 e. The van der Waals surface area contributed by atoms with E-state index in [2.05, 4.69) is 10.3 Å². The van der Waals surface area contributed by atoms with Crippen molar-refractivity contribution in [1.29, 1.82) is 0 Å². The maximum atomic E-state index is 11.1. The Morgan fingerprint density at radius 2 is 2.40 bits per heavy atom. The number of fused-ring (bicyclic) bond motifs is 1. The Hall–Kier alpha value is -2.04. The van der Waals surface area contributed by atoms with Gasteiger partial charge in [0, 0.05) is 12.7 Å². The molecule has 0 aliphatic carbocycles. The minimum Gasteiger partial charge on any atom is -0.476 e. The van der Waals surface area contributed by atoms with E-state index in [1.165, 1.54) is 0 Å². The second kappa shape index (κ2) is 3.61. The van der Waals surface area contributed by atoms with Gasteiger partial charge in [-0.25, -0.2) is 9.78 Å². The lowest BCUT2D eigenvalue weighted by Crippen LogP contribution is -2.07. The van der Waals surface area contributed by atoms with Gasteiger partial charge in [-0.05, 0) is 19.1 Å². The number of nitrogens with one attached hydrogen (secondary N) is 1. The molecule has 2 heterocycles. The predicted octanol–water partition coefficient (Wildman–Crippen LogP) is 1.46. The Bertz CT molecular complexity index is 504. The van der Waals surface area contributed by atoms with Crippen molar-refractivity contribution >= 4 is 17.4 Å². The second-order valence-electron chi connectivity index (χ2n) is 3.07. The highest BCUT2D eigenvalue weighted by Gasteiger charge is 2.17. The molecule has 0 atom stereocenters. The standard InChI is InChI=1S/C10H11N3O2/c1-2-11-9-8(10(14)15)13-6-4-3-5-7(13)12-9/h3-6,11H,2H2,1H3,(H,14,15). The lowest BCUT2D eigenvalue weighted by molar-refractivity contribution is 0.0690. The summed E-state index contributed by atoms with van der Waals surface area (Å²) < 4.78 is 1.56. The molecule has 0 aliphatic heterocycles. The minimum atomic E-state index is -0.982. The van der Waals surface area contributed by atoms with E-state index in [0.29, 0.717) is 18.0 Å². The summed E-state index contributed by atoms with van der Waals surface area (Å²) in [6.07, 6.45) is 1.69. The van der Waals surface area contributed by atoms with Crippen molar-refractivity contribution in [2.45, 2.75) is 6.92 Å². The zero-order valence-electron chi connectivity index (χ0n) is 8.27. The molecule has 5 heteroatoms. The molecule has 0 radical (unpaired) electrons. The third-order valence-corrected chi connectivity index (χ3v) is 2.08. The highest BCUT2D eigenvalue weighted by molar-refractivity contribution is 5.92. The highest BCUT2D eigenvalue weighted by atomic mass is 16.4. The minimum absolute atomic E-state index is 0.174. The third-order valence-electron chi connectivity index (χ3n) is 2.08. The quantitative estimate of drug-likeness (QED) is 0.796. The van der Waals surface area contributed by atoms with Crippen molar-refractivity contribution in [3.8, 4) is 0 Å². The van der Waals surface area contributed by atoms with Gasteiger partial charge in [-0.1, -0.05) is 6.07 Å². The van der Waals surface area contributed by atoms with Crippen LogP contribution in [0.1, 0.15) is 17.4 Å². The Balaban J connectivity index is 2.69. The summed E-state index contributed by atoms with van der Waals surface area (Å²) in [7, 11) is 0. The van der Waals surface area contributed by atoms with E-state index in [1.807, 2.05) is 13.0 Å². The van der Waals surface area contributed by atoms with Gasteiger partial charge in [-0.15, -0.1) is 0 Å². The number of aromatic carboxylic acids is 1. The molecule has 0 bridgehead atoms. The summed E-state index contributed by atoms with van der Waals surface area (Å²) in [5.74, 6) is -0.569. The van der Waals surface area contributed by atoms with E-state index in [9.17, 15) is 4.79 Å². The molecule has 2 N–H and O–H groups in total. The molecular formula is C10H11N3O2. The fraction of sp³-hybridized carbons (Fsp3) is 0.200. The van der Waals surface area contributed by atoms with Crippen molar-refractivity contribution in [1.82, 2.24) is 9.38 Å². The van der Waals surface area contributed by atoms with Crippen LogP contribution in [-0.2, 0) is 0 Å². The van der Waals surface area contributed by atoms with Crippen LogP contribution < -0.4 is 5.32 Å². The van der Waals surface area contributed by atoms with Crippen LogP contribution in [0.15, 0.2) is 24.4 Å². The smallest absolute Gasteiger partial charge is 0.356 e. The molecular weight excluding hydrogens is 194 g/mol. The second-order valence-corrected chi connectivity index (χ2v) is 3.07. The zero-order chi connectivity index (χ0) is 10.8. The molecule has 2 aromatic heterocycles. The van der Waals surface area contributed by atoms with Gasteiger partial charge < -0.3 is 10.4 Å². The molecule has 0 aliphatic rings. The first kappa shape index (κ1) is 9.51. The Morgan fingerprint density at radius 3 is 3.07 bits per heavy atom. The van der Waals surface area contributed by atoms with Crippen LogP contribution in [-0.4, -0.2) is 27.0 Å². The summed E-state index contributed by atoms with van der Waals surface area (Å²) in [5, 5.41) is 12.0. The first-order chi connectivity index (χ1) is 7.24. The van der Waals surface area contributed by atoms with Crippen molar-refractivity contribution in [3.05, 3.63) is 30.1 Å². The van der Waals surface area contributed by atoms with E-state index >= 15 is 0 Å². The van der Waals surface area contributed by atoms with Gasteiger partial charge in [-0.3, -0.25) is 4.40 Å². The van der Waals surface area contributed by atoms with Crippen molar-refractivity contribution in [2.24, 2.45) is 0 Å². The number of rotatable bonds is 3. The van der Waals surface area contributed by atoms with Gasteiger partial charge in [-0.2, -0.15) is 0 Å². The van der Waals surface area contributed by atoms with Gasteiger partial charge >= 0.3 is 5.97 Å². The molecule has 78 valence electrons. The van der Waals surface area contributed by atoms with Gasteiger partial charge in [0.2, 0.25) is 0 Å². The predicted molar refractivity (Wildman–Crippen MR) is 56.3 cm³/mol. The summed E-state index contributed by atoms with van der Waals surface area (Å²) >= 11 is 0. The van der Waals surface area contributed by atoms with Gasteiger partial charge in [0.1, 0.15) is 5.65 Å². The van der Waals surface area contributed by atoms with Gasteiger partial charge in [0.05, 0.1) is 0 Å². The van der Waals surface area contributed by atoms with E-state index in [4.69, 9.17) is 5.11 Å². The largest absolute Gasteiger partial charge is 0.476 e. The van der Waals surface area contributed by atoms with Crippen molar-refractivity contribution < 1.29 is 9.90 Å². The summed E-state index contributed by atoms with van der Waals surface area (Å²) in [6.45, 7) is 2.54. The van der Waals surface area contributed by atoms with Crippen LogP contribution >= 0.6 is 0 Å². The zero-order valence-corrected chi connectivity index (χ0v) is 8.27. The Kier molecular flexibility index (Phi) is 2.29. The molecule has 0 saturated carbocycles. The average molecular weight is 205 g/mol. The van der Waals surface area contributed by atoms with Gasteiger partial charge in [0.25, 0.3) is 0 Å². The molecule has 0 aromatic carbocycles. The Labute approximate surface area is 86.4 Å². The summed E-state index contributed by atoms with van der Waals surface area (Å²) in [4.78, 5) is 15.3. The lowest BCUT2D eigenvalue weighted by atomic mass is 10.4. The van der Waals surface area contributed by atoms with E-state index in [1.54, 1.807) is 22.7 Å². The van der Waals surface area contributed by atoms with E-state index in [-0.39, 0.29) is 5.69 Å². The van der Waals surface area contributed by atoms with Crippen molar-refractivity contribution in [3.63, 3.8) is 0 Å². The number of hydrogen-bond acceptors (Lipinski definition) is 3. The highest BCUT2D eigenvalue weighted by Crippen LogP contribution is 2.16. The normalized spacial score (nSPS) is 10.5. The third kappa shape index (κ3) is 1.52. The molecule has 0 saturated heterocycles. The average Bonchev–Trinajstić information content (AvgIpc) is 2.56. The fourth-order valence-electron chi connectivity index (χ4n) is 1.49. The number of hydrogen-bond donors (Lipinski definition) is 2. The number of carboxylic acids is 1. The van der Waals surface area contributed by atoms with Crippen LogP contribution in [0.25, 0.3) is 5.65 Å². The molecule has 2 aromatic rings. The monoisotopic (exact) mass is 205 g/mol. The number of carbonyl (C=O) groups is 1. The van der Waals surface area contributed by atoms with Crippen LogP contribution in [0, 0.1) is 0 Å². The first-order valence-electron chi connectivity index (χ1n) is 4.68. The Morgan fingerprint density at radius 1 is 1.60 bits per heavy atom. The first-order valence-corrected chi connectivity index (χ1v) is 4.68. The molecule has 0 amide bonds. The summed E-state index contributed by atoms with van der Waals surface area (Å²) in [5.41, 5.74) is 0.804. The molecule has 2 rings (SSSR count). The number of imidazole rings is 1. The maximum absolute atomic E-state index is 11.1. The fourth-order valence-corrected chi connectivity index (χ4v) is 1.49. The number of aromatic nitrogens is 2. The molecule has 5 nitrogen and oxygen atoms in total. The number of nitrogens with zero attached hydrogens (tertiary/aromatic N) is 2. The number of pyridine rings is 1. The van der Waals surface area contributed by atoms with Crippen LogP contribution in [0.2, 0.25) is 0 Å². The number of anilines is 1. The molecule has 0 spiro atoms. The summed E-state index contributed by atoms with van der Waals surface area (Å²) in [6, 6.07) is 5.37. The topological polar surface area (TPSA) is 66.6 Å². The SMILES string of the molecule is CCNc1nc2ccccn2c1C(=O)O.